The molecule has 0 bridgehead atoms. The van der Waals surface area contributed by atoms with Crippen molar-refractivity contribution in [3.63, 3.8) is 0 Å². The minimum absolute atomic E-state index is 0.306. The normalized spacial score (nSPS) is 15.6. The van der Waals surface area contributed by atoms with E-state index in [2.05, 4.69) is 42.7 Å². The Kier molecular flexibility index (Phi) is 5.44. The first kappa shape index (κ1) is 22.2. The molecule has 1 atom stereocenters. The highest BCUT2D eigenvalue weighted by atomic mass is 16.5. The molecule has 1 aliphatic heterocycles. The van der Waals surface area contributed by atoms with Crippen LogP contribution >= 0.6 is 0 Å². The molecule has 1 aliphatic rings. The summed E-state index contributed by atoms with van der Waals surface area (Å²) >= 11 is 0. The quantitative estimate of drug-likeness (QED) is 0.463. The molecule has 0 N–H and O–H groups in total. The Balaban J connectivity index is 1.84. The average molecular weight is 460 g/mol. The van der Waals surface area contributed by atoms with E-state index in [1.54, 1.807) is 18.7 Å². The molecule has 0 aliphatic carbocycles. The summed E-state index contributed by atoms with van der Waals surface area (Å²) in [4.78, 5) is 26.4. The first-order chi connectivity index (χ1) is 16.3. The molecule has 2 aromatic heterocycles. The Bertz CT molecular complexity index is 1490. The number of aryl methyl sites for hydroxylation is 1. The summed E-state index contributed by atoms with van der Waals surface area (Å²) in [6.07, 6.45) is -0.387. The molecule has 3 heterocycles. The van der Waals surface area contributed by atoms with Gasteiger partial charge in [-0.15, -0.1) is 0 Å². The van der Waals surface area contributed by atoms with E-state index in [4.69, 9.17) is 9.47 Å². The largest absolute Gasteiger partial charge is 0.497 e. The summed E-state index contributed by atoms with van der Waals surface area (Å²) in [7, 11) is 4.87. The van der Waals surface area contributed by atoms with Crippen LogP contribution in [0.1, 0.15) is 42.7 Å². The lowest BCUT2D eigenvalue weighted by Gasteiger charge is -2.28. The second-order valence-corrected chi connectivity index (χ2v) is 9.12. The third kappa shape index (κ3) is 3.30. The average Bonchev–Trinajstić information content (AvgIpc) is 3.22. The smallest absolute Gasteiger partial charge is 0.331 e. The zero-order chi connectivity index (χ0) is 24.1. The summed E-state index contributed by atoms with van der Waals surface area (Å²) in [6.45, 7) is 5.42. The SMILES string of the molecule is COc1ccc(-c2c3c(=O)n(C)c(=O)n(C)c3c3n2CCOC3c2ccc(C(C)C)cc2)cc1. The molecule has 7 heteroatoms. The maximum atomic E-state index is 13.5. The number of nitrogens with zero attached hydrogens (tertiary/aromatic N) is 3. The number of methoxy groups -OCH3 is 1. The summed E-state index contributed by atoms with van der Waals surface area (Å²) in [5.41, 5.74) is 4.74. The molecular formula is C27H29N3O4. The highest BCUT2D eigenvalue weighted by molar-refractivity contribution is 5.96. The van der Waals surface area contributed by atoms with Gasteiger partial charge in [-0.05, 0) is 46.9 Å². The Labute approximate surface area is 197 Å². The van der Waals surface area contributed by atoms with Gasteiger partial charge in [0, 0.05) is 20.6 Å². The van der Waals surface area contributed by atoms with Gasteiger partial charge in [0.15, 0.2) is 0 Å². The lowest BCUT2D eigenvalue weighted by atomic mass is 9.98. The van der Waals surface area contributed by atoms with E-state index in [0.717, 1.165) is 28.3 Å². The predicted molar refractivity (Wildman–Crippen MR) is 133 cm³/mol. The Morgan fingerprint density at radius 2 is 1.65 bits per heavy atom. The number of hydrogen-bond acceptors (Lipinski definition) is 4. The maximum absolute atomic E-state index is 13.5. The highest BCUT2D eigenvalue weighted by Crippen LogP contribution is 2.41. The molecule has 176 valence electrons. The van der Waals surface area contributed by atoms with Gasteiger partial charge in [-0.3, -0.25) is 13.9 Å². The van der Waals surface area contributed by atoms with Crippen LogP contribution in [0.4, 0.5) is 0 Å². The van der Waals surface area contributed by atoms with Crippen LogP contribution in [0.15, 0.2) is 58.1 Å². The first-order valence-corrected chi connectivity index (χ1v) is 11.5. The molecule has 0 amide bonds. The number of aromatic nitrogens is 3. The molecule has 0 saturated carbocycles. The van der Waals surface area contributed by atoms with Crippen molar-refractivity contribution >= 4 is 10.9 Å². The van der Waals surface area contributed by atoms with E-state index in [1.807, 2.05) is 24.3 Å². The van der Waals surface area contributed by atoms with Crippen LogP contribution in [0.3, 0.4) is 0 Å². The fourth-order valence-corrected chi connectivity index (χ4v) is 4.94. The van der Waals surface area contributed by atoms with Gasteiger partial charge in [-0.2, -0.15) is 0 Å². The number of ether oxygens (including phenoxy) is 2. The van der Waals surface area contributed by atoms with Crippen LogP contribution in [-0.4, -0.2) is 27.4 Å². The van der Waals surface area contributed by atoms with E-state index in [1.165, 1.54) is 17.2 Å². The summed E-state index contributed by atoms with van der Waals surface area (Å²) < 4.78 is 16.5. The summed E-state index contributed by atoms with van der Waals surface area (Å²) in [5.74, 6) is 1.17. The standard InChI is InChI=1S/C27H29N3O4/c1-16(2)17-6-8-19(9-7-17)25-24-23-21(26(31)29(4)27(32)28(23)3)22(30(24)14-15-34-25)18-10-12-20(33-5)13-11-18/h6-13,16,25H,14-15H2,1-5H3. The molecule has 5 rings (SSSR count). The van der Waals surface area contributed by atoms with Crippen molar-refractivity contribution in [3.8, 4) is 17.0 Å². The minimum Gasteiger partial charge on any atom is -0.497 e. The molecule has 4 aromatic rings. The van der Waals surface area contributed by atoms with Crippen molar-refractivity contribution < 1.29 is 9.47 Å². The fourth-order valence-electron chi connectivity index (χ4n) is 4.94. The van der Waals surface area contributed by atoms with Crippen LogP contribution in [0.5, 0.6) is 5.75 Å². The van der Waals surface area contributed by atoms with Crippen molar-refractivity contribution in [2.75, 3.05) is 13.7 Å². The van der Waals surface area contributed by atoms with Crippen molar-refractivity contribution in [2.45, 2.75) is 32.4 Å². The third-order valence-electron chi connectivity index (χ3n) is 6.82. The van der Waals surface area contributed by atoms with Crippen molar-refractivity contribution in [1.29, 1.82) is 0 Å². The van der Waals surface area contributed by atoms with Gasteiger partial charge in [0.1, 0.15) is 11.9 Å². The Morgan fingerprint density at radius 1 is 0.971 bits per heavy atom. The molecule has 0 radical (unpaired) electrons. The van der Waals surface area contributed by atoms with E-state index < -0.39 is 0 Å². The summed E-state index contributed by atoms with van der Waals surface area (Å²) in [6, 6.07) is 16.1. The van der Waals surface area contributed by atoms with E-state index in [-0.39, 0.29) is 17.4 Å². The number of rotatable bonds is 4. The van der Waals surface area contributed by atoms with Crippen LogP contribution in [-0.2, 0) is 25.4 Å². The number of hydrogen-bond donors (Lipinski definition) is 0. The van der Waals surface area contributed by atoms with Gasteiger partial charge < -0.3 is 14.0 Å². The second-order valence-electron chi connectivity index (χ2n) is 9.12. The zero-order valence-electron chi connectivity index (χ0n) is 20.2. The molecule has 34 heavy (non-hydrogen) atoms. The van der Waals surface area contributed by atoms with E-state index in [0.29, 0.717) is 30.0 Å². The third-order valence-corrected chi connectivity index (χ3v) is 6.82. The monoisotopic (exact) mass is 459 g/mol. The van der Waals surface area contributed by atoms with Gasteiger partial charge in [0.25, 0.3) is 5.56 Å². The summed E-state index contributed by atoms with van der Waals surface area (Å²) in [5, 5.41) is 0.527. The molecule has 0 fully saturated rings. The van der Waals surface area contributed by atoms with Gasteiger partial charge in [0.2, 0.25) is 0 Å². The first-order valence-electron chi connectivity index (χ1n) is 11.5. The van der Waals surface area contributed by atoms with Gasteiger partial charge in [-0.1, -0.05) is 38.1 Å². The van der Waals surface area contributed by atoms with Crippen LogP contribution < -0.4 is 16.0 Å². The van der Waals surface area contributed by atoms with Gasteiger partial charge >= 0.3 is 5.69 Å². The van der Waals surface area contributed by atoms with Crippen molar-refractivity contribution in [3.05, 3.63) is 86.2 Å². The molecule has 0 spiro atoms. The van der Waals surface area contributed by atoms with Crippen molar-refractivity contribution in [2.24, 2.45) is 14.1 Å². The Hall–Kier alpha value is -3.58. The van der Waals surface area contributed by atoms with Crippen LogP contribution in [0, 0.1) is 0 Å². The van der Waals surface area contributed by atoms with Crippen molar-refractivity contribution in [1.82, 2.24) is 13.7 Å². The number of fused-ring (bicyclic) bond motifs is 3. The minimum atomic E-state index is -0.387. The van der Waals surface area contributed by atoms with Gasteiger partial charge in [-0.25, -0.2) is 4.79 Å². The molecule has 7 nitrogen and oxygen atoms in total. The zero-order valence-corrected chi connectivity index (χ0v) is 20.2. The van der Waals surface area contributed by atoms with Crippen LogP contribution in [0.25, 0.3) is 22.2 Å². The molecule has 1 unspecified atom stereocenters. The van der Waals surface area contributed by atoms with Crippen LogP contribution in [0.2, 0.25) is 0 Å². The highest BCUT2D eigenvalue weighted by Gasteiger charge is 2.33. The fraction of sp³-hybridized carbons (Fsp3) is 0.333. The lowest BCUT2D eigenvalue weighted by molar-refractivity contribution is 0.0478. The topological polar surface area (TPSA) is 67.4 Å². The van der Waals surface area contributed by atoms with E-state index in [9.17, 15) is 9.59 Å². The number of benzene rings is 2. The lowest BCUT2D eigenvalue weighted by Crippen LogP contribution is -2.37. The molecule has 0 saturated heterocycles. The Morgan fingerprint density at radius 3 is 2.26 bits per heavy atom. The maximum Gasteiger partial charge on any atom is 0.331 e. The second kappa shape index (κ2) is 8.33. The molecule has 2 aromatic carbocycles. The van der Waals surface area contributed by atoms with Gasteiger partial charge in [0.05, 0.1) is 36.0 Å². The van der Waals surface area contributed by atoms with E-state index >= 15 is 0 Å². The molecular weight excluding hydrogens is 430 g/mol. The predicted octanol–water partition coefficient (Wildman–Crippen LogP) is 3.96.